The van der Waals surface area contributed by atoms with Gasteiger partial charge in [-0.2, -0.15) is 0 Å². The molecular formula is C34H31BrN4O4. The lowest BCUT2D eigenvalue weighted by Gasteiger charge is -2.14. The number of ether oxygens (including phenoxy) is 1. The summed E-state index contributed by atoms with van der Waals surface area (Å²) in [4.78, 5) is 56.7. The van der Waals surface area contributed by atoms with Crippen molar-refractivity contribution in [2.45, 2.75) is 52.4 Å². The third kappa shape index (κ3) is 4.72. The molecule has 8 nitrogen and oxygen atoms in total. The largest absolute Gasteiger partial charge is 0.462 e. The summed E-state index contributed by atoms with van der Waals surface area (Å²) in [7, 11) is 0. The molecule has 8 bridgehead atoms. The number of aromatic nitrogens is 4. The fourth-order valence-corrected chi connectivity index (χ4v) is 5.87. The van der Waals surface area contributed by atoms with Crippen molar-refractivity contribution in [3.05, 3.63) is 93.0 Å². The van der Waals surface area contributed by atoms with Crippen molar-refractivity contribution in [1.29, 1.82) is 0 Å². The van der Waals surface area contributed by atoms with E-state index < -0.39 is 16.8 Å². The molecule has 2 aliphatic rings. The number of hydrogen-bond acceptors (Lipinski definition) is 6. The Labute approximate surface area is 257 Å². The Morgan fingerprint density at radius 3 is 2.00 bits per heavy atom. The van der Waals surface area contributed by atoms with Crippen molar-refractivity contribution in [3.8, 4) is 11.1 Å². The highest BCUT2D eigenvalue weighted by Gasteiger charge is 2.39. The zero-order valence-electron chi connectivity index (χ0n) is 24.8. The third-order valence-corrected chi connectivity index (χ3v) is 8.85. The number of carbonyl (C=O) groups excluding carboxylic acids is 3. The summed E-state index contributed by atoms with van der Waals surface area (Å²) >= 11 is 3.50. The molecule has 0 aliphatic carbocycles. The van der Waals surface area contributed by atoms with Crippen LogP contribution in [0.1, 0.15) is 82.9 Å². The fourth-order valence-electron chi connectivity index (χ4n) is 5.60. The van der Waals surface area contributed by atoms with E-state index in [0.29, 0.717) is 44.8 Å². The minimum Gasteiger partial charge on any atom is -0.462 e. The third-order valence-electron chi connectivity index (χ3n) is 8.32. The highest BCUT2D eigenvalue weighted by Crippen LogP contribution is 2.36. The monoisotopic (exact) mass is 638 g/mol. The fraction of sp³-hybridized carbons (Fsp3) is 0.265. The summed E-state index contributed by atoms with van der Waals surface area (Å²) in [5, 5.41) is 0. The minimum absolute atomic E-state index is 0.110. The van der Waals surface area contributed by atoms with E-state index in [1.54, 1.807) is 32.0 Å². The van der Waals surface area contributed by atoms with Gasteiger partial charge in [0, 0.05) is 26.6 Å². The highest BCUT2D eigenvalue weighted by atomic mass is 79.9. The molecule has 0 atom stereocenters. The van der Waals surface area contributed by atoms with Crippen LogP contribution in [-0.2, 0) is 15.6 Å². The van der Waals surface area contributed by atoms with Gasteiger partial charge < -0.3 is 14.7 Å². The van der Waals surface area contributed by atoms with Gasteiger partial charge in [-0.3, -0.25) is 9.59 Å². The maximum absolute atomic E-state index is 13.7. The Hall–Kier alpha value is -4.37. The molecule has 0 amide bonds. The molecule has 9 heteroatoms. The van der Waals surface area contributed by atoms with Gasteiger partial charge in [-0.05, 0) is 95.1 Å². The number of fused-ring (bicyclic) bond motifs is 8. The summed E-state index contributed by atoms with van der Waals surface area (Å²) in [6.45, 7) is 11.1. The SMILES string of the molecule is CCOC(=O)c1c(C)c2cc3nc(cc4cc(-c5ccc(Br)cc5)c(cc5nc(cc1[nH]2)C(=O)C5(C)C)[nH]4)C(=O)C3(C)C. The molecular weight excluding hydrogens is 608 g/mol. The Morgan fingerprint density at radius 1 is 0.814 bits per heavy atom. The van der Waals surface area contributed by atoms with Crippen molar-refractivity contribution in [2.75, 3.05) is 6.61 Å². The minimum atomic E-state index is -0.925. The average Bonchev–Trinajstić information content (AvgIpc) is 3.60. The maximum atomic E-state index is 13.7. The zero-order chi connectivity index (χ0) is 30.8. The normalized spacial score (nSPS) is 15.5. The summed E-state index contributed by atoms with van der Waals surface area (Å²) in [6.07, 6.45) is 0. The number of esters is 1. The van der Waals surface area contributed by atoms with Crippen molar-refractivity contribution in [2.24, 2.45) is 0 Å². The second-order valence-corrected chi connectivity index (χ2v) is 12.9. The van der Waals surface area contributed by atoms with Crippen LogP contribution < -0.4 is 0 Å². The summed E-state index contributed by atoms with van der Waals surface area (Å²) in [6, 6.07) is 16.9. The van der Waals surface area contributed by atoms with Gasteiger partial charge in [-0.15, -0.1) is 0 Å². The molecule has 6 rings (SSSR count). The predicted octanol–water partition coefficient (Wildman–Crippen LogP) is 7.55. The molecule has 0 fully saturated rings. The molecule has 5 heterocycles. The second kappa shape index (κ2) is 10.1. The van der Waals surface area contributed by atoms with Crippen LogP contribution in [0.2, 0.25) is 0 Å². The van der Waals surface area contributed by atoms with Gasteiger partial charge in [-0.1, -0.05) is 28.1 Å². The van der Waals surface area contributed by atoms with Gasteiger partial charge in [0.1, 0.15) is 11.4 Å². The molecule has 43 heavy (non-hydrogen) atoms. The van der Waals surface area contributed by atoms with Gasteiger partial charge in [0.05, 0.1) is 39.9 Å². The van der Waals surface area contributed by atoms with E-state index in [9.17, 15) is 14.4 Å². The number of rotatable bonds is 3. The number of ketones is 2. The van der Waals surface area contributed by atoms with Crippen LogP contribution in [0.3, 0.4) is 0 Å². The van der Waals surface area contributed by atoms with Crippen LogP contribution in [0.15, 0.2) is 59.1 Å². The number of H-pyrrole nitrogens is 2. The van der Waals surface area contributed by atoms with E-state index in [2.05, 4.69) is 25.9 Å². The number of hydrogen-bond donors (Lipinski definition) is 2. The number of nitrogens with one attached hydrogen (secondary N) is 2. The first-order valence-electron chi connectivity index (χ1n) is 14.1. The van der Waals surface area contributed by atoms with Crippen LogP contribution >= 0.6 is 15.9 Å². The standard InChI is InChI=1S/C34H31BrN4O4/c1-7-43-32(42)29-17(2)22-15-27-33(3,4)30(40)25(38-27)13-20-12-21(18-8-10-19(35)11-9-18)23(36-20)16-28-34(5,6)31(41)26(39-28)14-24(29)37-22/h8-16,36-37H,7H2,1-6H3. The summed E-state index contributed by atoms with van der Waals surface area (Å²) in [5.41, 5.74) is 5.09. The number of aromatic amines is 2. The van der Waals surface area contributed by atoms with E-state index in [0.717, 1.165) is 21.1 Å². The summed E-state index contributed by atoms with van der Waals surface area (Å²) in [5.74, 6) is -0.784. The lowest BCUT2D eigenvalue weighted by molar-refractivity contribution is 0.0527. The Morgan fingerprint density at radius 2 is 1.40 bits per heavy atom. The van der Waals surface area contributed by atoms with Gasteiger partial charge in [0.2, 0.25) is 0 Å². The number of benzene rings is 1. The molecule has 218 valence electrons. The lowest BCUT2D eigenvalue weighted by Crippen LogP contribution is -2.23. The average molecular weight is 640 g/mol. The first-order valence-corrected chi connectivity index (χ1v) is 14.9. The molecule has 2 aliphatic heterocycles. The van der Waals surface area contributed by atoms with E-state index >= 15 is 0 Å². The van der Waals surface area contributed by atoms with Crippen molar-refractivity contribution in [3.63, 3.8) is 0 Å². The van der Waals surface area contributed by atoms with Gasteiger partial charge in [0.15, 0.2) is 11.6 Å². The van der Waals surface area contributed by atoms with Crippen LogP contribution in [0, 0.1) is 6.92 Å². The molecule has 2 N–H and O–H groups in total. The maximum Gasteiger partial charge on any atom is 0.340 e. The Bertz CT molecular complexity index is 2020. The number of carbonyl (C=O) groups is 3. The smallest absolute Gasteiger partial charge is 0.340 e. The van der Waals surface area contributed by atoms with E-state index in [-0.39, 0.29) is 23.9 Å². The van der Waals surface area contributed by atoms with Crippen LogP contribution in [0.5, 0.6) is 0 Å². The first kappa shape index (κ1) is 28.7. The van der Waals surface area contributed by atoms with Gasteiger partial charge >= 0.3 is 5.97 Å². The molecule has 1 aromatic carbocycles. The molecule has 0 spiro atoms. The molecule has 0 saturated heterocycles. The molecule has 0 saturated carbocycles. The molecule has 3 aromatic heterocycles. The second-order valence-electron chi connectivity index (χ2n) is 12.0. The molecule has 0 radical (unpaired) electrons. The van der Waals surface area contributed by atoms with Crippen LogP contribution in [0.4, 0.5) is 0 Å². The Balaban J connectivity index is 1.77. The number of halogens is 1. The molecule has 4 aromatic rings. The van der Waals surface area contributed by atoms with Crippen LogP contribution in [-0.4, -0.2) is 44.1 Å². The quantitative estimate of drug-likeness (QED) is 0.224. The predicted molar refractivity (Wildman–Crippen MR) is 170 cm³/mol. The van der Waals surface area contributed by atoms with E-state index in [4.69, 9.17) is 14.7 Å². The van der Waals surface area contributed by atoms with E-state index in [1.165, 1.54) is 0 Å². The number of Topliss-reactive ketones (excluding diaryl/α,β-unsaturated/α-hetero) is 2. The topological polar surface area (TPSA) is 118 Å². The van der Waals surface area contributed by atoms with Crippen molar-refractivity contribution < 1.29 is 19.1 Å². The van der Waals surface area contributed by atoms with Crippen LogP contribution in [0.25, 0.3) is 33.2 Å². The van der Waals surface area contributed by atoms with E-state index in [1.807, 2.05) is 64.1 Å². The highest BCUT2D eigenvalue weighted by molar-refractivity contribution is 9.10. The van der Waals surface area contributed by atoms with Crippen molar-refractivity contribution in [1.82, 2.24) is 19.9 Å². The van der Waals surface area contributed by atoms with Gasteiger partial charge in [0.25, 0.3) is 0 Å². The first-order chi connectivity index (χ1) is 20.3. The summed E-state index contributed by atoms with van der Waals surface area (Å²) < 4.78 is 6.33. The zero-order valence-corrected chi connectivity index (χ0v) is 26.4. The number of nitrogens with zero attached hydrogens (tertiary/aromatic N) is 2. The Kier molecular flexibility index (Phi) is 6.76. The lowest BCUT2D eigenvalue weighted by atomic mass is 9.85. The number of aryl methyl sites for hydroxylation is 1. The van der Waals surface area contributed by atoms with Gasteiger partial charge in [-0.25, -0.2) is 14.8 Å². The van der Waals surface area contributed by atoms with Crippen molar-refractivity contribution >= 4 is 55.5 Å². The molecule has 0 unspecified atom stereocenters.